The molecule has 6 nitrogen and oxygen atoms in total. The Morgan fingerprint density at radius 2 is 2.16 bits per heavy atom. The Bertz CT molecular complexity index is 713. The van der Waals surface area contributed by atoms with Crippen molar-refractivity contribution < 1.29 is 18.7 Å². The molecule has 1 aromatic heterocycles. The molecule has 2 heterocycles. The molecule has 1 fully saturated rings. The lowest BCUT2D eigenvalue weighted by atomic mass is 10.1. The molecule has 0 aliphatic carbocycles. The number of carbonyl (C=O) groups is 1. The summed E-state index contributed by atoms with van der Waals surface area (Å²) in [5.74, 6) is 1.15. The highest BCUT2D eigenvalue weighted by Crippen LogP contribution is 2.30. The average Bonchev–Trinajstić information content (AvgIpc) is 3.12. The molecule has 1 aliphatic heterocycles. The summed E-state index contributed by atoms with van der Waals surface area (Å²) in [5, 5.41) is 0. The zero-order valence-corrected chi connectivity index (χ0v) is 14.9. The SMILES string of the molecule is CCc1nc([C@H](C)N2CCO[C@@H](C(=O)OC)C2)oc1-c1ccccc1. The summed E-state index contributed by atoms with van der Waals surface area (Å²) in [6.07, 6.45) is 0.240. The molecule has 2 atom stereocenters. The zero-order chi connectivity index (χ0) is 17.8. The number of aromatic nitrogens is 1. The molecule has 0 unspecified atom stereocenters. The summed E-state index contributed by atoms with van der Waals surface area (Å²) < 4.78 is 16.4. The Morgan fingerprint density at radius 1 is 1.40 bits per heavy atom. The lowest BCUT2D eigenvalue weighted by Crippen LogP contribution is -2.47. The number of hydrogen-bond acceptors (Lipinski definition) is 6. The molecule has 134 valence electrons. The number of esters is 1. The number of aryl methyl sites for hydroxylation is 1. The Labute approximate surface area is 147 Å². The minimum Gasteiger partial charge on any atom is -0.467 e. The van der Waals surface area contributed by atoms with Crippen LogP contribution in [0.25, 0.3) is 11.3 Å². The van der Waals surface area contributed by atoms with Gasteiger partial charge < -0.3 is 13.9 Å². The zero-order valence-electron chi connectivity index (χ0n) is 14.9. The van der Waals surface area contributed by atoms with Gasteiger partial charge >= 0.3 is 5.97 Å². The second-order valence-electron chi connectivity index (χ2n) is 6.10. The van der Waals surface area contributed by atoms with E-state index in [2.05, 4.69) is 11.8 Å². The number of oxazole rings is 1. The van der Waals surface area contributed by atoms with Crippen molar-refractivity contribution in [2.24, 2.45) is 0 Å². The van der Waals surface area contributed by atoms with Gasteiger partial charge in [-0.25, -0.2) is 9.78 Å². The van der Waals surface area contributed by atoms with Crippen molar-refractivity contribution in [2.75, 3.05) is 26.8 Å². The number of benzene rings is 1. The van der Waals surface area contributed by atoms with Gasteiger partial charge in [0.05, 0.1) is 25.5 Å². The average molecular weight is 344 g/mol. The van der Waals surface area contributed by atoms with Gasteiger partial charge in [-0.1, -0.05) is 37.3 Å². The smallest absolute Gasteiger partial charge is 0.336 e. The summed E-state index contributed by atoms with van der Waals surface area (Å²) in [6.45, 7) is 5.79. The van der Waals surface area contributed by atoms with Gasteiger partial charge in [-0.05, 0) is 13.3 Å². The maximum Gasteiger partial charge on any atom is 0.336 e. The molecular weight excluding hydrogens is 320 g/mol. The Balaban J connectivity index is 1.81. The predicted octanol–water partition coefficient (Wildman–Crippen LogP) is 2.84. The van der Waals surface area contributed by atoms with Crippen LogP contribution in [0, 0.1) is 0 Å². The van der Waals surface area contributed by atoms with Crippen molar-refractivity contribution in [2.45, 2.75) is 32.4 Å². The van der Waals surface area contributed by atoms with Gasteiger partial charge in [0, 0.05) is 18.7 Å². The van der Waals surface area contributed by atoms with E-state index in [4.69, 9.17) is 18.9 Å². The van der Waals surface area contributed by atoms with Crippen molar-refractivity contribution in [1.82, 2.24) is 9.88 Å². The van der Waals surface area contributed by atoms with Crippen molar-refractivity contribution >= 4 is 5.97 Å². The van der Waals surface area contributed by atoms with Gasteiger partial charge in [0.25, 0.3) is 0 Å². The lowest BCUT2D eigenvalue weighted by Gasteiger charge is -2.34. The van der Waals surface area contributed by atoms with Gasteiger partial charge in [-0.15, -0.1) is 0 Å². The Morgan fingerprint density at radius 3 is 2.84 bits per heavy atom. The normalized spacial score (nSPS) is 19.6. The van der Waals surface area contributed by atoms with Gasteiger partial charge in [0.2, 0.25) is 5.89 Å². The van der Waals surface area contributed by atoms with Crippen LogP contribution in [0.1, 0.15) is 31.5 Å². The molecule has 1 aliphatic rings. The molecule has 25 heavy (non-hydrogen) atoms. The molecule has 2 aromatic rings. The highest BCUT2D eigenvalue weighted by Gasteiger charge is 2.32. The summed E-state index contributed by atoms with van der Waals surface area (Å²) in [6, 6.07) is 9.97. The van der Waals surface area contributed by atoms with Crippen LogP contribution in [-0.2, 0) is 20.7 Å². The predicted molar refractivity (Wildman–Crippen MR) is 93.1 cm³/mol. The number of methoxy groups -OCH3 is 1. The molecule has 0 N–H and O–H groups in total. The second kappa shape index (κ2) is 7.80. The van der Waals surface area contributed by atoms with Gasteiger partial charge in [-0.3, -0.25) is 4.90 Å². The van der Waals surface area contributed by atoms with E-state index in [0.717, 1.165) is 30.0 Å². The van der Waals surface area contributed by atoms with Crippen LogP contribution >= 0.6 is 0 Å². The lowest BCUT2D eigenvalue weighted by molar-refractivity contribution is -0.161. The summed E-state index contributed by atoms with van der Waals surface area (Å²) in [5.41, 5.74) is 1.98. The van der Waals surface area contributed by atoms with E-state index in [1.54, 1.807) is 0 Å². The van der Waals surface area contributed by atoms with Crippen molar-refractivity contribution in [3.8, 4) is 11.3 Å². The first-order valence-electron chi connectivity index (χ1n) is 8.62. The molecule has 3 rings (SSSR count). The molecule has 0 saturated carbocycles. The third-order valence-corrected chi connectivity index (χ3v) is 4.55. The van der Waals surface area contributed by atoms with Crippen LogP contribution in [0.4, 0.5) is 0 Å². The number of ether oxygens (including phenoxy) is 2. The Hall–Kier alpha value is -2.18. The first kappa shape index (κ1) is 17.6. The molecule has 0 amide bonds. The minimum atomic E-state index is -0.560. The fourth-order valence-electron chi connectivity index (χ4n) is 3.05. The number of carbonyl (C=O) groups excluding carboxylic acids is 1. The standard InChI is InChI=1S/C19H24N2O4/c1-4-15-17(14-8-6-5-7-9-14)25-18(20-15)13(2)21-10-11-24-16(12-21)19(22)23-3/h5-9,13,16H,4,10-12H2,1-3H3/t13-,16+/m0/s1. The summed E-state index contributed by atoms with van der Waals surface area (Å²) in [4.78, 5) is 18.6. The van der Waals surface area contributed by atoms with E-state index in [-0.39, 0.29) is 12.0 Å². The van der Waals surface area contributed by atoms with Gasteiger partial charge in [-0.2, -0.15) is 0 Å². The molecular formula is C19H24N2O4. The fraction of sp³-hybridized carbons (Fsp3) is 0.474. The molecule has 6 heteroatoms. The third kappa shape index (κ3) is 3.75. The van der Waals surface area contributed by atoms with E-state index in [9.17, 15) is 4.79 Å². The van der Waals surface area contributed by atoms with E-state index < -0.39 is 6.10 Å². The van der Waals surface area contributed by atoms with Crippen LogP contribution in [0.15, 0.2) is 34.7 Å². The number of nitrogens with zero attached hydrogens (tertiary/aromatic N) is 2. The fourth-order valence-corrected chi connectivity index (χ4v) is 3.05. The number of rotatable bonds is 5. The molecule has 0 radical (unpaired) electrons. The highest BCUT2D eigenvalue weighted by molar-refractivity contribution is 5.74. The monoisotopic (exact) mass is 344 g/mol. The van der Waals surface area contributed by atoms with Crippen LogP contribution in [-0.4, -0.2) is 48.8 Å². The maximum atomic E-state index is 11.7. The van der Waals surface area contributed by atoms with E-state index in [1.165, 1.54) is 7.11 Å². The topological polar surface area (TPSA) is 64.8 Å². The van der Waals surface area contributed by atoms with Crippen LogP contribution in [0.5, 0.6) is 0 Å². The van der Waals surface area contributed by atoms with E-state index >= 15 is 0 Å². The first-order valence-corrected chi connectivity index (χ1v) is 8.62. The van der Waals surface area contributed by atoms with Gasteiger partial charge in [0.1, 0.15) is 0 Å². The second-order valence-corrected chi connectivity index (χ2v) is 6.10. The molecule has 1 saturated heterocycles. The summed E-state index contributed by atoms with van der Waals surface area (Å²) in [7, 11) is 1.38. The first-order chi connectivity index (χ1) is 12.1. The van der Waals surface area contributed by atoms with Crippen molar-refractivity contribution in [3.05, 3.63) is 41.9 Å². The van der Waals surface area contributed by atoms with E-state index in [1.807, 2.05) is 37.3 Å². The van der Waals surface area contributed by atoms with Crippen LogP contribution in [0.3, 0.4) is 0 Å². The molecule has 0 bridgehead atoms. The third-order valence-electron chi connectivity index (χ3n) is 4.55. The highest BCUT2D eigenvalue weighted by atomic mass is 16.6. The largest absolute Gasteiger partial charge is 0.467 e. The maximum absolute atomic E-state index is 11.7. The Kier molecular flexibility index (Phi) is 5.50. The van der Waals surface area contributed by atoms with Crippen LogP contribution < -0.4 is 0 Å². The quantitative estimate of drug-likeness (QED) is 0.777. The summed E-state index contributed by atoms with van der Waals surface area (Å²) >= 11 is 0. The molecule has 0 spiro atoms. The number of hydrogen-bond donors (Lipinski definition) is 0. The van der Waals surface area contributed by atoms with Crippen LogP contribution in [0.2, 0.25) is 0 Å². The van der Waals surface area contributed by atoms with Crippen molar-refractivity contribution in [1.29, 1.82) is 0 Å². The van der Waals surface area contributed by atoms with E-state index in [0.29, 0.717) is 19.0 Å². The van der Waals surface area contributed by atoms with Crippen molar-refractivity contribution in [3.63, 3.8) is 0 Å². The molecule has 1 aromatic carbocycles. The number of morpholine rings is 1. The minimum absolute atomic E-state index is 0.0428. The van der Waals surface area contributed by atoms with Gasteiger partial charge in [0.15, 0.2) is 11.9 Å².